The van der Waals surface area contributed by atoms with Crippen molar-refractivity contribution in [1.82, 2.24) is 15.1 Å². The second kappa shape index (κ2) is 6.69. The van der Waals surface area contributed by atoms with Crippen molar-refractivity contribution in [2.24, 2.45) is 5.92 Å². The van der Waals surface area contributed by atoms with E-state index in [0.29, 0.717) is 5.92 Å². The average Bonchev–Trinajstić information content (AvgIpc) is 2.60. The van der Waals surface area contributed by atoms with E-state index in [0.717, 1.165) is 25.9 Å². The number of hydrogen-bond acceptors (Lipinski definition) is 2. The molecule has 0 aliphatic carbocycles. The highest BCUT2D eigenvalue weighted by molar-refractivity contribution is 5.11. The molecule has 1 N–H and O–H groups in total. The Bertz CT molecular complexity index is 302. The molecule has 3 heteroatoms. The van der Waals surface area contributed by atoms with Gasteiger partial charge in [0.15, 0.2) is 0 Å². The number of aromatic nitrogens is 2. The molecule has 0 aliphatic rings. The van der Waals surface area contributed by atoms with Crippen LogP contribution in [0.15, 0.2) is 6.07 Å². The van der Waals surface area contributed by atoms with Gasteiger partial charge in [-0.15, -0.1) is 0 Å². The predicted molar refractivity (Wildman–Crippen MR) is 68.7 cm³/mol. The van der Waals surface area contributed by atoms with Gasteiger partial charge in [-0.25, -0.2) is 0 Å². The quantitative estimate of drug-likeness (QED) is 0.719. The van der Waals surface area contributed by atoms with Crippen LogP contribution >= 0.6 is 0 Å². The smallest absolute Gasteiger partial charge is 0.0628 e. The van der Waals surface area contributed by atoms with Crippen molar-refractivity contribution < 1.29 is 0 Å². The normalized spacial score (nSPS) is 11.3. The fourth-order valence-electron chi connectivity index (χ4n) is 1.94. The van der Waals surface area contributed by atoms with E-state index >= 15 is 0 Å². The molecular weight excluding hydrogens is 198 g/mol. The molecule has 0 aliphatic heterocycles. The molecule has 0 spiro atoms. The first kappa shape index (κ1) is 13.2. The molecule has 0 aromatic carbocycles. The standard InChI is InChI=1S/C13H25N3/c1-5-16-13(9-11(2)3)10-12(15-16)7-6-8-14-4/h10-11,14H,5-9H2,1-4H3. The van der Waals surface area contributed by atoms with E-state index in [-0.39, 0.29) is 0 Å². The summed E-state index contributed by atoms with van der Waals surface area (Å²) in [7, 11) is 1.99. The number of rotatable bonds is 7. The van der Waals surface area contributed by atoms with Gasteiger partial charge in [-0.3, -0.25) is 4.68 Å². The van der Waals surface area contributed by atoms with Gasteiger partial charge in [0, 0.05) is 12.2 Å². The van der Waals surface area contributed by atoms with Gasteiger partial charge in [0.2, 0.25) is 0 Å². The van der Waals surface area contributed by atoms with Crippen molar-refractivity contribution in [3.63, 3.8) is 0 Å². The van der Waals surface area contributed by atoms with Crippen molar-refractivity contribution in [2.45, 2.75) is 46.6 Å². The van der Waals surface area contributed by atoms with Gasteiger partial charge in [-0.1, -0.05) is 13.8 Å². The summed E-state index contributed by atoms with van der Waals surface area (Å²) in [4.78, 5) is 0. The highest BCUT2D eigenvalue weighted by Gasteiger charge is 2.07. The molecule has 92 valence electrons. The molecule has 1 aromatic rings. The Hall–Kier alpha value is -0.830. The zero-order valence-corrected chi connectivity index (χ0v) is 11.1. The number of hydrogen-bond donors (Lipinski definition) is 1. The maximum atomic E-state index is 4.64. The summed E-state index contributed by atoms with van der Waals surface area (Å²) in [5.41, 5.74) is 2.63. The van der Waals surface area contributed by atoms with Crippen LogP contribution < -0.4 is 5.32 Å². The lowest BCUT2D eigenvalue weighted by Crippen LogP contribution is -2.08. The number of nitrogens with zero attached hydrogens (tertiary/aromatic N) is 2. The molecule has 0 unspecified atom stereocenters. The second-order valence-electron chi connectivity index (χ2n) is 4.75. The van der Waals surface area contributed by atoms with E-state index in [9.17, 15) is 0 Å². The minimum Gasteiger partial charge on any atom is -0.320 e. The van der Waals surface area contributed by atoms with Crippen LogP contribution in [0.25, 0.3) is 0 Å². The Kier molecular flexibility index (Phi) is 5.53. The zero-order chi connectivity index (χ0) is 12.0. The van der Waals surface area contributed by atoms with Gasteiger partial charge < -0.3 is 5.32 Å². The second-order valence-corrected chi connectivity index (χ2v) is 4.75. The average molecular weight is 223 g/mol. The first-order valence-corrected chi connectivity index (χ1v) is 6.37. The molecule has 1 heterocycles. The first-order chi connectivity index (χ1) is 7.67. The summed E-state index contributed by atoms with van der Waals surface area (Å²) in [6.07, 6.45) is 3.38. The predicted octanol–water partition coefficient (Wildman–Crippen LogP) is 2.25. The third kappa shape index (κ3) is 3.97. The Labute approximate surface area is 99.2 Å². The fourth-order valence-corrected chi connectivity index (χ4v) is 1.94. The van der Waals surface area contributed by atoms with Gasteiger partial charge >= 0.3 is 0 Å². The fraction of sp³-hybridized carbons (Fsp3) is 0.769. The summed E-state index contributed by atoms with van der Waals surface area (Å²) < 4.78 is 2.15. The lowest BCUT2D eigenvalue weighted by atomic mass is 10.1. The van der Waals surface area contributed by atoms with Crippen LogP contribution in [0.5, 0.6) is 0 Å². The Morgan fingerprint density at radius 3 is 2.75 bits per heavy atom. The van der Waals surface area contributed by atoms with Crippen LogP contribution in [0.2, 0.25) is 0 Å². The van der Waals surface area contributed by atoms with E-state index in [2.05, 4.69) is 41.9 Å². The molecule has 0 fully saturated rings. The minimum atomic E-state index is 0.701. The Morgan fingerprint density at radius 2 is 2.19 bits per heavy atom. The SMILES string of the molecule is CCn1nc(CCCNC)cc1CC(C)C. The molecule has 1 aromatic heterocycles. The highest BCUT2D eigenvalue weighted by Crippen LogP contribution is 2.11. The first-order valence-electron chi connectivity index (χ1n) is 6.37. The zero-order valence-electron chi connectivity index (χ0n) is 11.1. The molecule has 0 radical (unpaired) electrons. The van der Waals surface area contributed by atoms with Crippen molar-refractivity contribution in [2.75, 3.05) is 13.6 Å². The van der Waals surface area contributed by atoms with Crippen LogP contribution in [-0.2, 0) is 19.4 Å². The third-order valence-electron chi connectivity index (χ3n) is 2.69. The Balaban J connectivity index is 2.62. The van der Waals surface area contributed by atoms with Gasteiger partial charge in [0.25, 0.3) is 0 Å². The summed E-state index contributed by atoms with van der Waals surface area (Å²) >= 11 is 0. The van der Waals surface area contributed by atoms with E-state index in [1.165, 1.54) is 17.8 Å². The summed E-state index contributed by atoms with van der Waals surface area (Å²) in [6, 6.07) is 2.28. The molecule has 0 saturated heterocycles. The van der Waals surface area contributed by atoms with Gasteiger partial charge in [-0.2, -0.15) is 5.10 Å². The third-order valence-corrected chi connectivity index (χ3v) is 2.69. The molecular formula is C13H25N3. The van der Waals surface area contributed by atoms with Crippen LogP contribution in [0.4, 0.5) is 0 Å². The van der Waals surface area contributed by atoms with Crippen LogP contribution in [0.1, 0.15) is 38.6 Å². The monoisotopic (exact) mass is 223 g/mol. The lowest BCUT2D eigenvalue weighted by Gasteiger charge is -2.06. The van der Waals surface area contributed by atoms with E-state index < -0.39 is 0 Å². The number of aryl methyl sites for hydroxylation is 2. The Morgan fingerprint density at radius 1 is 1.44 bits per heavy atom. The van der Waals surface area contributed by atoms with Crippen molar-refractivity contribution in [1.29, 1.82) is 0 Å². The van der Waals surface area contributed by atoms with Crippen LogP contribution in [-0.4, -0.2) is 23.4 Å². The van der Waals surface area contributed by atoms with Gasteiger partial charge in [0.1, 0.15) is 0 Å². The van der Waals surface area contributed by atoms with Crippen LogP contribution in [0.3, 0.4) is 0 Å². The van der Waals surface area contributed by atoms with E-state index in [1.54, 1.807) is 0 Å². The highest BCUT2D eigenvalue weighted by atomic mass is 15.3. The largest absolute Gasteiger partial charge is 0.320 e. The molecule has 0 saturated carbocycles. The van der Waals surface area contributed by atoms with Gasteiger partial charge in [0.05, 0.1) is 5.69 Å². The van der Waals surface area contributed by atoms with E-state index in [4.69, 9.17) is 0 Å². The maximum Gasteiger partial charge on any atom is 0.0628 e. The lowest BCUT2D eigenvalue weighted by molar-refractivity contribution is 0.558. The van der Waals surface area contributed by atoms with Crippen molar-refractivity contribution in [3.8, 4) is 0 Å². The summed E-state index contributed by atoms with van der Waals surface area (Å²) in [6.45, 7) is 8.72. The van der Waals surface area contributed by atoms with Crippen LogP contribution in [0, 0.1) is 5.92 Å². The maximum absolute atomic E-state index is 4.64. The molecule has 0 atom stereocenters. The van der Waals surface area contributed by atoms with Gasteiger partial charge in [-0.05, 0) is 51.8 Å². The minimum absolute atomic E-state index is 0.701. The molecule has 0 amide bonds. The van der Waals surface area contributed by atoms with Crippen molar-refractivity contribution >= 4 is 0 Å². The topological polar surface area (TPSA) is 29.9 Å². The van der Waals surface area contributed by atoms with Crippen molar-refractivity contribution in [3.05, 3.63) is 17.5 Å². The molecule has 16 heavy (non-hydrogen) atoms. The summed E-state index contributed by atoms with van der Waals surface area (Å²) in [5.74, 6) is 0.701. The molecule has 0 bridgehead atoms. The molecule has 3 nitrogen and oxygen atoms in total. The van der Waals surface area contributed by atoms with E-state index in [1.807, 2.05) is 7.05 Å². The molecule has 1 rings (SSSR count). The number of nitrogens with one attached hydrogen (secondary N) is 1. The summed E-state index contributed by atoms with van der Waals surface area (Å²) in [5, 5.41) is 7.81.